The van der Waals surface area contributed by atoms with Gasteiger partial charge in [0.1, 0.15) is 5.82 Å². The van der Waals surface area contributed by atoms with E-state index in [1.165, 1.54) is 52.8 Å². The smallest absolute Gasteiger partial charge is 0.243 e. The normalized spacial score (nSPS) is 16.5. The quantitative estimate of drug-likeness (QED) is 0.404. The second-order valence-electron chi connectivity index (χ2n) is 8.48. The molecule has 1 aliphatic rings. The Morgan fingerprint density at radius 3 is 1.97 bits per heavy atom. The third-order valence-electron chi connectivity index (χ3n) is 5.84. The third-order valence-corrected chi connectivity index (χ3v) is 9.34. The van der Waals surface area contributed by atoms with Gasteiger partial charge in [-0.3, -0.25) is 0 Å². The van der Waals surface area contributed by atoms with Crippen LogP contribution in [0.5, 0.6) is 0 Å². The molecule has 0 radical (unpaired) electrons. The summed E-state index contributed by atoms with van der Waals surface area (Å²) in [4.78, 5) is -0.0983. The van der Waals surface area contributed by atoms with E-state index in [-0.39, 0.29) is 35.5 Å². The van der Waals surface area contributed by atoms with E-state index in [2.05, 4.69) is 4.72 Å². The van der Waals surface area contributed by atoms with Crippen molar-refractivity contribution in [2.75, 3.05) is 13.2 Å². The predicted octanol–water partition coefficient (Wildman–Crippen LogP) is 4.33. The van der Waals surface area contributed by atoms with Crippen molar-refractivity contribution in [3.8, 4) is 0 Å². The molecule has 0 aromatic heterocycles. The molecule has 11 heteroatoms. The Morgan fingerprint density at radius 2 is 1.42 bits per heavy atom. The summed E-state index contributed by atoms with van der Waals surface area (Å²) < 4.78 is 75.1. The number of sulfonamides is 2. The van der Waals surface area contributed by atoms with Gasteiger partial charge in [0, 0.05) is 31.3 Å². The maximum Gasteiger partial charge on any atom is 0.243 e. The van der Waals surface area contributed by atoms with E-state index in [0.717, 1.165) is 12.8 Å². The van der Waals surface area contributed by atoms with Gasteiger partial charge in [0.05, 0.1) is 15.9 Å². The highest BCUT2D eigenvalue weighted by Gasteiger charge is 2.26. The Balaban J connectivity index is 1.57. The van der Waals surface area contributed by atoms with Crippen LogP contribution in [0.4, 0.5) is 4.39 Å². The number of hydrogen-bond donors (Lipinski definition) is 1. The summed E-state index contributed by atoms with van der Waals surface area (Å²) in [6.45, 7) is 0.812. The fourth-order valence-corrected chi connectivity index (χ4v) is 6.45. The molecule has 1 heterocycles. The van der Waals surface area contributed by atoms with Crippen LogP contribution in [0.2, 0.25) is 5.02 Å². The molecule has 0 amide bonds. The van der Waals surface area contributed by atoms with Crippen LogP contribution in [0, 0.1) is 5.82 Å². The first-order valence-electron chi connectivity index (χ1n) is 11.3. The van der Waals surface area contributed by atoms with E-state index in [4.69, 9.17) is 16.3 Å². The van der Waals surface area contributed by atoms with Crippen LogP contribution in [0.3, 0.4) is 0 Å². The van der Waals surface area contributed by atoms with Gasteiger partial charge in [-0.05, 0) is 72.5 Å². The van der Waals surface area contributed by atoms with Gasteiger partial charge in [-0.1, -0.05) is 35.9 Å². The molecule has 7 nitrogen and oxygen atoms in total. The molecule has 1 aliphatic heterocycles. The molecule has 3 aromatic carbocycles. The van der Waals surface area contributed by atoms with Crippen LogP contribution in [-0.4, -0.2) is 40.4 Å². The number of hydrogen-bond acceptors (Lipinski definition) is 5. The Kier molecular flexibility index (Phi) is 8.44. The molecule has 192 valence electrons. The standard InChI is InChI=1S/C25H26ClFN2O5S2/c26-21-7-3-19(4-8-21)17-29(18-20-5-9-22(27)10-6-20)36(32,33)25-13-11-24(12-14-25)35(30,31)28-16-23-2-1-15-34-23/h3-14,23,28H,1-2,15-18H2/t23-/m1/s1. The number of ether oxygens (including phenoxy) is 1. The number of benzene rings is 3. The van der Waals surface area contributed by atoms with E-state index in [0.29, 0.717) is 22.8 Å². The van der Waals surface area contributed by atoms with Crippen molar-refractivity contribution in [2.45, 2.75) is 41.8 Å². The topological polar surface area (TPSA) is 92.8 Å². The minimum atomic E-state index is -4.03. The van der Waals surface area contributed by atoms with Gasteiger partial charge >= 0.3 is 0 Å². The van der Waals surface area contributed by atoms with Gasteiger partial charge in [-0.15, -0.1) is 0 Å². The zero-order valence-corrected chi connectivity index (χ0v) is 21.7. The molecule has 0 saturated carbocycles. The first kappa shape index (κ1) is 26.7. The highest BCUT2D eigenvalue weighted by Crippen LogP contribution is 2.24. The highest BCUT2D eigenvalue weighted by molar-refractivity contribution is 7.89. The summed E-state index contributed by atoms with van der Waals surface area (Å²) in [5.74, 6) is -0.421. The van der Waals surface area contributed by atoms with E-state index in [1.807, 2.05) is 0 Å². The van der Waals surface area contributed by atoms with E-state index >= 15 is 0 Å². The molecule has 0 aliphatic carbocycles. The molecule has 1 atom stereocenters. The number of rotatable bonds is 10. The summed E-state index contributed by atoms with van der Waals surface area (Å²) in [6, 6.07) is 17.5. The largest absolute Gasteiger partial charge is 0.377 e. The van der Waals surface area contributed by atoms with Gasteiger partial charge in [-0.2, -0.15) is 4.31 Å². The second-order valence-corrected chi connectivity index (χ2v) is 12.6. The molecular weight excluding hydrogens is 527 g/mol. The first-order valence-corrected chi connectivity index (χ1v) is 14.6. The van der Waals surface area contributed by atoms with Crippen LogP contribution in [0.1, 0.15) is 24.0 Å². The van der Waals surface area contributed by atoms with Crippen molar-refractivity contribution in [2.24, 2.45) is 0 Å². The Morgan fingerprint density at radius 1 is 0.861 bits per heavy atom. The van der Waals surface area contributed by atoms with E-state index < -0.39 is 25.9 Å². The minimum absolute atomic E-state index is 0.00572. The van der Waals surface area contributed by atoms with E-state index in [9.17, 15) is 21.2 Å². The molecule has 0 unspecified atom stereocenters. The van der Waals surface area contributed by atoms with Crippen LogP contribution in [0.15, 0.2) is 82.6 Å². The van der Waals surface area contributed by atoms with Gasteiger partial charge < -0.3 is 4.74 Å². The van der Waals surface area contributed by atoms with Gasteiger partial charge in [0.15, 0.2) is 0 Å². The van der Waals surface area contributed by atoms with Crippen LogP contribution >= 0.6 is 11.6 Å². The predicted molar refractivity (Wildman–Crippen MR) is 135 cm³/mol. The zero-order chi connectivity index (χ0) is 25.8. The summed E-state index contributed by atoms with van der Waals surface area (Å²) in [6.07, 6.45) is 1.52. The van der Waals surface area contributed by atoms with Crippen molar-refractivity contribution in [3.63, 3.8) is 0 Å². The fourth-order valence-electron chi connectivity index (χ4n) is 3.84. The molecular formula is C25H26ClFN2O5S2. The van der Waals surface area contributed by atoms with Gasteiger partial charge in [-0.25, -0.2) is 25.9 Å². The second kappa shape index (κ2) is 11.4. The lowest BCUT2D eigenvalue weighted by atomic mass is 10.2. The molecule has 36 heavy (non-hydrogen) atoms. The summed E-state index contributed by atoms with van der Waals surface area (Å²) >= 11 is 5.96. The van der Waals surface area contributed by atoms with Gasteiger partial charge in [0.2, 0.25) is 20.0 Å². The summed E-state index contributed by atoms with van der Waals surface area (Å²) in [7, 11) is -7.86. The Bertz CT molecular complexity index is 1330. The number of nitrogens with zero attached hydrogens (tertiary/aromatic N) is 1. The van der Waals surface area contributed by atoms with Crippen LogP contribution in [-0.2, 0) is 37.9 Å². The van der Waals surface area contributed by atoms with Crippen molar-refractivity contribution in [1.29, 1.82) is 0 Å². The molecule has 0 bridgehead atoms. The van der Waals surface area contributed by atoms with Crippen molar-refractivity contribution in [3.05, 3.63) is 94.8 Å². The lowest BCUT2D eigenvalue weighted by Gasteiger charge is -2.23. The maximum atomic E-state index is 13.6. The Labute approximate surface area is 216 Å². The molecule has 1 fully saturated rings. The lowest BCUT2D eigenvalue weighted by molar-refractivity contribution is 0.114. The van der Waals surface area contributed by atoms with Crippen molar-refractivity contribution < 1.29 is 26.0 Å². The zero-order valence-electron chi connectivity index (χ0n) is 19.3. The van der Waals surface area contributed by atoms with Crippen molar-refractivity contribution >= 4 is 31.6 Å². The SMILES string of the molecule is O=S(=O)(NC[C@H]1CCCO1)c1ccc(S(=O)(=O)N(Cc2ccc(F)cc2)Cc2ccc(Cl)cc2)cc1. The van der Waals surface area contributed by atoms with Crippen LogP contribution in [0.25, 0.3) is 0 Å². The maximum absolute atomic E-state index is 13.6. The number of halogens is 2. The molecule has 1 N–H and O–H groups in total. The number of nitrogens with one attached hydrogen (secondary N) is 1. The van der Waals surface area contributed by atoms with E-state index in [1.54, 1.807) is 24.3 Å². The molecule has 0 spiro atoms. The molecule has 1 saturated heterocycles. The summed E-state index contributed by atoms with van der Waals surface area (Å²) in [5.41, 5.74) is 1.31. The summed E-state index contributed by atoms with van der Waals surface area (Å²) in [5, 5.41) is 0.525. The van der Waals surface area contributed by atoms with Crippen molar-refractivity contribution in [1.82, 2.24) is 9.03 Å². The average molecular weight is 553 g/mol. The molecule has 3 aromatic rings. The van der Waals surface area contributed by atoms with Gasteiger partial charge in [0.25, 0.3) is 0 Å². The average Bonchev–Trinajstić information content (AvgIpc) is 3.39. The highest BCUT2D eigenvalue weighted by atomic mass is 35.5. The molecule has 4 rings (SSSR count). The fraction of sp³-hybridized carbons (Fsp3) is 0.280. The Hall–Kier alpha value is -2.34. The van der Waals surface area contributed by atoms with Crippen LogP contribution < -0.4 is 4.72 Å². The minimum Gasteiger partial charge on any atom is -0.377 e. The lowest BCUT2D eigenvalue weighted by Crippen LogP contribution is -2.32. The monoisotopic (exact) mass is 552 g/mol. The third kappa shape index (κ3) is 6.70. The first-order chi connectivity index (χ1) is 17.1.